The molecule has 0 unspecified atom stereocenters. The van der Waals surface area contributed by atoms with Crippen LogP contribution in [0.5, 0.6) is 5.75 Å². The highest BCUT2D eigenvalue weighted by atomic mass is 35.5. The van der Waals surface area contributed by atoms with Crippen LogP contribution in [0.2, 0.25) is 10.0 Å². The van der Waals surface area contributed by atoms with Gasteiger partial charge in [-0.05, 0) is 79.9 Å². The standard InChI is InChI=1S/C25H21Cl2F3N2O4S/c26-14-4-10-21-18(12-14)19-13-15(27)5-11-22(19)32(21)23-3-1-2-20(24(23)33)31-37(34,35)17-8-6-16(7-9-17)36-25(28,29)30/h4-13,20,23-24,31,33H,1-3H2/t20-,23+,24+/m1/s1. The highest BCUT2D eigenvalue weighted by Crippen LogP contribution is 2.40. The van der Waals surface area contributed by atoms with Crippen molar-refractivity contribution in [3.05, 3.63) is 70.7 Å². The van der Waals surface area contributed by atoms with E-state index in [2.05, 4.69) is 9.46 Å². The van der Waals surface area contributed by atoms with Crippen molar-refractivity contribution >= 4 is 55.0 Å². The number of hydrogen-bond donors (Lipinski definition) is 2. The first kappa shape index (κ1) is 26.1. The molecule has 6 nitrogen and oxygen atoms in total. The molecule has 37 heavy (non-hydrogen) atoms. The van der Waals surface area contributed by atoms with Crippen molar-refractivity contribution in [3.8, 4) is 5.75 Å². The van der Waals surface area contributed by atoms with Crippen molar-refractivity contribution in [2.24, 2.45) is 0 Å². The van der Waals surface area contributed by atoms with Crippen LogP contribution in [0.25, 0.3) is 21.8 Å². The number of aliphatic hydroxyl groups excluding tert-OH is 1. The van der Waals surface area contributed by atoms with E-state index >= 15 is 0 Å². The van der Waals surface area contributed by atoms with E-state index in [1.165, 1.54) is 0 Å². The van der Waals surface area contributed by atoms with Crippen LogP contribution in [0.1, 0.15) is 25.3 Å². The molecule has 3 aromatic carbocycles. The van der Waals surface area contributed by atoms with E-state index in [0.717, 1.165) is 46.1 Å². The fourth-order valence-electron chi connectivity index (χ4n) is 5.01. The third-order valence-corrected chi connectivity index (χ3v) is 8.53. The third kappa shape index (κ3) is 5.26. The summed E-state index contributed by atoms with van der Waals surface area (Å²) in [6.45, 7) is 0. The molecule has 196 valence electrons. The molecule has 1 aromatic heterocycles. The van der Waals surface area contributed by atoms with Gasteiger partial charge < -0.3 is 14.4 Å². The molecule has 0 spiro atoms. The largest absolute Gasteiger partial charge is 0.573 e. The second kappa shape index (κ2) is 9.67. The summed E-state index contributed by atoms with van der Waals surface area (Å²) in [6.07, 6.45) is -4.34. The molecule has 0 bridgehead atoms. The van der Waals surface area contributed by atoms with Gasteiger partial charge in [-0.2, -0.15) is 0 Å². The van der Waals surface area contributed by atoms with Gasteiger partial charge in [0.2, 0.25) is 10.0 Å². The zero-order valence-electron chi connectivity index (χ0n) is 19.0. The number of benzene rings is 3. The van der Waals surface area contributed by atoms with Crippen LogP contribution in [-0.4, -0.2) is 36.6 Å². The summed E-state index contributed by atoms with van der Waals surface area (Å²) in [7, 11) is -4.13. The van der Waals surface area contributed by atoms with Crippen molar-refractivity contribution in [2.75, 3.05) is 0 Å². The van der Waals surface area contributed by atoms with Crippen LogP contribution in [0.4, 0.5) is 13.2 Å². The third-order valence-electron chi connectivity index (χ3n) is 6.55. The molecule has 1 aliphatic carbocycles. The van der Waals surface area contributed by atoms with Crippen molar-refractivity contribution in [1.82, 2.24) is 9.29 Å². The molecule has 0 aliphatic heterocycles. The van der Waals surface area contributed by atoms with Crippen LogP contribution < -0.4 is 9.46 Å². The smallest absolute Gasteiger partial charge is 0.406 e. The molecule has 0 saturated heterocycles. The van der Waals surface area contributed by atoms with Gasteiger partial charge >= 0.3 is 6.36 Å². The minimum absolute atomic E-state index is 0.238. The van der Waals surface area contributed by atoms with E-state index in [1.54, 1.807) is 12.1 Å². The van der Waals surface area contributed by atoms with E-state index in [9.17, 15) is 26.7 Å². The molecule has 1 heterocycles. The first-order chi connectivity index (χ1) is 17.4. The number of rotatable bonds is 5. The predicted octanol–water partition coefficient (Wildman–Crippen LogP) is 6.43. The normalized spacial score (nSPS) is 21.0. The van der Waals surface area contributed by atoms with Gasteiger partial charge in [-0.3, -0.25) is 0 Å². The summed E-state index contributed by atoms with van der Waals surface area (Å²) in [5, 5.41) is 14.2. The molecule has 5 rings (SSSR count). The second-order valence-electron chi connectivity index (χ2n) is 8.93. The number of aliphatic hydroxyl groups is 1. The number of sulfonamides is 1. The van der Waals surface area contributed by atoms with Gasteiger partial charge in [0, 0.05) is 31.9 Å². The summed E-state index contributed by atoms with van der Waals surface area (Å²) in [5.74, 6) is -0.532. The number of ether oxygens (including phenoxy) is 1. The van der Waals surface area contributed by atoms with Crippen LogP contribution in [0, 0.1) is 0 Å². The molecule has 4 aromatic rings. The molecule has 12 heteroatoms. The molecule has 1 saturated carbocycles. The Balaban J connectivity index is 1.45. The number of nitrogens with zero attached hydrogens (tertiary/aromatic N) is 1. The summed E-state index contributed by atoms with van der Waals surface area (Å²) in [5.41, 5.74) is 1.66. The Morgan fingerprint density at radius 2 is 1.49 bits per heavy atom. The van der Waals surface area contributed by atoms with Crippen molar-refractivity contribution < 1.29 is 31.4 Å². The average Bonchev–Trinajstić information content (AvgIpc) is 3.12. The molecular weight excluding hydrogens is 552 g/mol. The molecule has 1 fully saturated rings. The number of fused-ring (bicyclic) bond motifs is 3. The zero-order valence-corrected chi connectivity index (χ0v) is 21.4. The summed E-state index contributed by atoms with van der Waals surface area (Å²) in [6, 6.07) is 13.5. The van der Waals surface area contributed by atoms with Gasteiger partial charge in [0.15, 0.2) is 0 Å². The monoisotopic (exact) mass is 572 g/mol. The van der Waals surface area contributed by atoms with Gasteiger partial charge in [-0.25, -0.2) is 13.1 Å². The van der Waals surface area contributed by atoms with Gasteiger partial charge in [0.25, 0.3) is 0 Å². The number of aromatic nitrogens is 1. The number of halogens is 5. The SMILES string of the molecule is O=S(=O)(N[C@@H]1CCC[C@H](n2c3ccc(Cl)cc3c3cc(Cl)ccc32)[C@H]1O)c1ccc(OC(F)(F)F)cc1. The van der Waals surface area contributed by atoms with E-state index in [0.29, 0.717) is 29.3 Å². The molecule has 3 atom stereocenters. The molecular formula is C25H21Cl2F3N2O4S. The predicted molar refractivity (Wildman–Crippen MR) is 136 cm³/mol. The van der Waals surface area contributed by atoms with Gasteiger partial charge in [0.1, 0.15) is 5.75 Å². The highest BCUT2D eigenvalue weighted by molar-refractivity contribution is 7.89. The van der Waals surface area contributed by atoms with E-state index in [-0.39, 0.29) is 4.90 Å². The maximum Gasteiger partial charge on any atom is 0.573 e. The van der Waals surface area contributed by atoms with Crippen LogP contribution in [0.15, 0.2) is 65.6 Å². The molecule has 1 aliphatic rings. The topological polar surface area (TPSA) is 80.6 Å². The lowest BCUT2D eigenvalue weighted by Crippen LogP contribution is -2.49. The Morgan fingerprint density at radius 3 is 2.03 bits per heavy atom. The fourth-order valence-corrected chi connectivity index (χ4v) is 6.64. The molecule has 0 amide bonds. The summed E-state index contributed by atoms with van der Waals surface area (Å²) >= 11 is 12.5. The van der Waals surface area contributed by atoms with Crippen molar-refractivity contribution in [1.29, 1.82) is 0 Å². The summed E-state index contributed by atoms with van der Waals surface area (Å²) < 4.78 is 71.6. The summed E-state index contributed by atoms with van der Waals surface area (Å²) in [4.78, 5) is -0.238. The lowest BCUT2D eigenvalue weighted by molar-refractivity contribution is -0.274. The minimum Gasteiger partial charge on any atom is -0.406 e. The van der Waals surface area contributed by atoms with Crippen molar-refractivity contribution in [3.63, 3.8) is 0 Å². The first-order valence-electron chi connectivity index (χ1n) is 11.4. The van der Waals surface area contributed by atoms with Gasteiger partial charge in [-0.15, -0.1) is 13.2 Å². The Hall–Kier alpha value is -2.50. The fraction of sp³-hybridized carbons (Fsp3) is 0.280. The quantitative estimate of drug-likeness (QED) is 0.288. The maximum absolute atomic E-state index is 13.0. The van der Waals surface area contributed by atoms with E-state index in [4.69, 9.17) is 23.2 Å². The van der Waals surface area contributed by atoms with Crippen LogP contribution in [0.3, 0.4) is 0 Å². The highest BCUT2D eigenvalue weighted by Gasteiger charge is 2.37. The lowest BCUT2D eigenvalue weighted by atomic mass is 9.88. The number of alkyl halides is 3. The van der Waals surface area contributed by atoms with Gasteiger partial charge in [-0.1, -0.05) is 23.2 Å². The van der Waals surface area contributed by atoms with Crippen LogP contribution in [-0.2, 0) is 10.0 Å². The van der Waals surface area contributed by atoms with Crippen molar-refractivity contribution in [2.45, 2.75) is 48.7 Å². The Morgan fingerprint density at radius 1 is 0.919 bits per heavy atom. The Kier molecular flexibility index (Phi) is 6.82. The number of nitrogens with one attached hydrogen (secondary N) is 1. The van der Waals surface area contributed by atoms with E-state index in [1.807, 2.05) is 28.8 Å². The minimum atomic E-state index is -4.89. The second-order valence-corrected chi connectivity index (χ2v) is 11.5. The van der Waals surface area contributed by atoms with E-state index < -0.39 is 40.3 Å². The maximum atomic E-state index is 13.0. The zero-order chi connectivity index (χ0) is 26.5. The number of hydrogen-bond acceptors (Lipinski definition) is 4. The van der Waals surface area contributed by atoms with Crippen LogP contribution >= 0.6 is 23.2 Å². The lowest BCUT2D eigenvalue weighted by Gasteiger charge is -2.36. The van der Waals surface area contributed by atoms with Gasteiger partial charge in [0.05, 0.1) is 23.1 Å². The average molecular weight is 573 g/mol. The Labute approximate surface area is 220 Å². The first-order valence-corrected chi connectivity index (χ1v) is 13.6. The Bertz CT molecular complexity index is 1510. The molecule has 0 radical (unpaired) electrons. The molecule has 2 N–H and O–H groups in total.